The molecule has 0 radical (unpaired) electrons. The van der Waals surface area contributed by atoms with E-state index in [0.29, 0.717) is 21.9 Å². The van der Waals surface area contributed by atoms with Crippen molar-refractivity contribution >= 4 is 40.6 Å². The van der Waals surface area contributed by atoms with E-state index < -0.39 is 5.91 Å². The molecule has 0 saturated carbocycles. The highest BCUT2D eigenvalue weighted by atomic mass is 35.5. The summed E-state index contributed by atoms with van der Waals surface area (Å²) in [6.07, 6.45) is 1.48. The van der Waals surface area contributed by atoms with Gasteiger partial charge in [-0.15, -0.1) is 0 Å². The van der Waals surface area contributed by atoms with E-state index in [1.807, 2.05) is 0 Å². The van der Waals surface area contributed by atoms with E-state index in [1.54, 1.807) is 36.4 Å². The number of carbonyl (C=O) groups is 2. The van der Waals surface area contributed by atoms with Gasteiger partial charge in [0, 0.05) is 10.6 Å². The van der Waals surface area contributed by atoms with Crippen LogP contribution >= 0.6 is 23.4 Å². The number of benzene rings is 2. The first-order valence-corrected chi connectivity index (χ1v) is 8.55. The van der Waals surface area contributed by atoms with Crippen molar-refractivity contribution in [2.75, 3.05) is 7.11 Å². The second kappa shape index (κ2) is 7.21. The second-order valence-corrected chi connectivity index (χ2v) is 6.68. The number of imide groups is 1. The predicted octanol–water partition coefficient (Wildman–Crippen LogP) is 4.29. The predicted molar refractivity (Wildman–Crippen MR) is 97.6 cm³/mol. The summed E-state index contributed by atoms with van der Waals surface area (Å²) in [6.45, 7) is 0.103. The summed E-state index contributed by atoms with van der Waals surface area (Å²) in [6, 6.07) is 11.7. The maximum atomic E-state index is 12.6. The van der Waals surface area contributed by atoms with Crippen LogP contribution in [0.15, 0.2) is 47.4 Å². The average molecular weight is 376 g/mol. The highest BCUT2D eigenvalue weighted by Gasteiger charge is 2.35. The van der Waals surface area contributed by atoms with Crippen molar-refractivity contribution in [2.45, 2.75) is 6.54 Å². The van der Waals surface area contributed by atoms with E-state index in [2.05, 4.69) is 0 Å². The van der Waals surface area contributed by atoms with Crippen LogP contribution in [0.2, 0.25) is 5.02 Å². The summed E-state index contributed by atoms with van der Waals surface area (Å²) < 4.78 is 5.11. The lowest BCUT2D eigenvalue weighted by Gasteiger charge is -2.13. The zero-order valence-corrected chi connectivity index (χ0v) is 14.8. The molecule has 1 heterocycles. The number of rotatable bonds is 4. The number of nitrogens with zero attached hydrogens (tertiary/aromatic N) is 1. The molecule has 1 N–H and O–H groups in total. The minimum atomic E-state index is -0.419. The summed E-state index contributed by atoms with van der Waals surface area (Å²) in [5.41, 5.74) is 1.10. The van der Waals surface area contributed by atoms with Gasteiger partial charge in [0.1, 0.15) is 11.5 Å². The number of carbonyl (C=O) groups excluding carboxylic acids is 2. The molecule has 1 fully saturated rings. The van der Waals surface area contributed by atoms with Crippen LogP contribution in [0.4, 0.5) is 4.79 Å². The van der Waals surface area contributed by atoms with Crippen LogP contribution in [-0.2, 0) is 11.3 Å². The van der Waals surface area contributed by atoms with E-state index in [0.717, 1.165) is 16.7 Å². The summed E-state index contributed by atoms with van der Waals surface area (Å²) in [7, 11) is 1.51. The fourth-order valence-corrected chi connectivity index (χ4v) is 3.37. The molecule has 1 aliphatic rings. The SMILES string of the molecule is COc1ccc(O)c(/C=C2\SC(=O)N(Cc3ccccc3Cl)C2=O)c1. The zero-order valence-electron chi connectivity index (χ0n) is 13.2. The lowest BCUT2D eigenvalue weighted by molar-refractivity contribution is -0.123. The lowest BCUT2D eigenvalue weighted by atomic mass is 10.1. The minimum Gasteiger partial charge on any atom is -0.507 e. The molecule has 0 atom stereocenters. The number of halogens is 1. The van der Waals surface area contributed by atoms with Gasteiger partial charge in [0.15, 0.2) is 0 Å². The van der Waals surface area contributed by atoms with Gasteiger partial charge in [-0.1, -0.05) is 29.8 Å². The van der Waals surface area contributed by atoms with E-state index in [-0.39, 0.29) is 22.4 Å². The first-order valence-electron chi connectivity index (χ1n) is 7.35. The van der Waals surface area contributed by atoms with Crippen molar-refractivity contribution in [3.8, 4) is 11.5 Å². The Kier molecular flexibility index (Phi) is 5.01. The van der Waals surface area contributed by atoms with Crippen molar-refractivity contribution in [2.24, 2.45) is 0 Å². The van der Waals surface area contributed by atoms with E-state index >= 15 is 0 Å². The van der Waals surface area contributed by atoms with Crippen molar-refractivity contribution in [1.82, 2.24) is 4.90 Å². The molecule has 25 heavy (non-hydrogen) atoms. The van der Waals surface area contributed by atoms with Gasteiger partial charge in [-0.3, -0.25) is 14.5 Å². The molecule has 3 rings (SSSR count). The molecular weight excluding hydrogens is 362 g/mol. The highest BCUT2D eigenvalue weighted by Crippen LogP contribution is 2.36. The average Bonchev–Trinajstić information content (AvgIpc) is 2.86. The number of ether oxygens (including phenoxy) is 1. The molecule has 7 heteroatoms. The van der Waals surface area contributed by atoms with E-state index in [9.17, 15) is 14.7 Å². The summed E-state index contributed by atoms with van der Waals surface area (Å²) in [5.74, 6) is 0.121. The van der Waals surface area contributed by atoms with Gasteiger partial charge in [0.25, 0.3) is 11.1 Å². The maximum absolute atomic E-state index is 12.6. The Morgan fingerprint density at radius 1 is 1.24 bits per heavy atom. The summed E-state index contributed by atoms with van der Waals surface area (Å²) in [5, 5.41) is 10.1. The van der Waals surface area contributed by atoms with Crippen molar-refractivity contribution in [3.63, 3.8) is 0 Å². The topological polar surface area (TPSA) is 66.8 Å². The van der Waals surface area contributed by atoms with Crippen LogP contribution in [0.5, 0.6) is 11.5 Å². The van der Waals surface area contributed by atoms with Gasteiger partial charge in [-0.2, -0.15) is 0 Å². The van der Waals surface area contributed by atoms with E-state index in [4.69, 9.17) is 16.3 Å². The van der Waals surface area contributed by atoms with Gasteiger partial charge in [-0.05, 0) is 47.7 Å². The Hall–Kier alpha value is -2.44. The third-order valence-electron chi connectivity index (χ3n) is 3.68. The van der Waals surface area contributed by atoms with E-state index in [1.165, 1.54) is 19.3 Å². The largest absolute Gasteiger partial charge is 0.507 e. The number of methoxy groups -OCH3 is 1. The number of aromatic hydroxyl groups is 1. The third kappa shape index (κ3) is 3.65. The van der Waals surface area contributed by atoms with Crippen molar-refractivity contribution in [1.29, 1.82) is 0 Å². The number of hydrogen-bond donors (Lipinski definition) is 1. The monoisotopic (exact) mass is 375 g/mol. The molecule has 0 spiro atoms. The fraction of sp³-hybridized carbons (Fsp3) is 0.111. The third-order valence-corrected chi connectivity index (χ3v) is 4.96. The van der Waals surface area contributed by atoms with Crippen LogP contribution in [-0.4, -0.2) is 28.3 Å². The fourth-order valence-electron chi connectivity index (χ4n) is 2.35. The molecule has 2 aromatic carbocycles. The number of thioether (sulfide) groups is 1. The van der Waals surface area contributed by atoms with Gasteiger partial charge in [0.2, 0.25) is 0 Å². The lowest BCUT2D eigenvalue weighted by Crippen LogP contribution is -2.27. The van der Waals surface area contributed by atoms with Crippen LogP contribution in [0.1, 0.15) is 11.1 Å². The number of phenols is 1. The van der Waals surface area contributed by atoms with Crippen molar-refractivity contribution < 1.29 is 19.4 Å². The molecule has 5 nitrogen and oxygen atoms in total. The van der Waals surface area contributed by atoms with Crippen LogP contribution in [0.3, 0.4) is 0 Å². The number of amides is 2. The van der Waals surface area contributed by atoms with Crippen LogP contribution in [0, 0.1) is 0 Å². The highest BCUT2D eigenvalue weighted by molar-refractivity contribution is 8.18. The molecule has 1 saturated heterocycles. The Morgan fingerprint density at radius 2 is 2.00 bits per heavy atom. The van der Waals surface area contributed by atoms with Crippen LogP contribution < -0.4 is 4.74 Å². The van der Waals surface area contributed by atoms with Crippen LogP contribution in [0.25, 0.3) is 6.08 Å². The van der Waals surface area contributed by atoms with Gasteiger partial charge in [0.05, 0.1) is 18.6 Å². The Morgan fingerprint density at radius 3 is 2.72 bits per heavy atom. The normalized spacial score (nSPS) is 15.9. The molecule has 1 aliphatic heterocycles. The first kappa shape index (κ1) is 17.4. The zero-order chi connectivity index (χ0) is 18.0. The first-order chi connectivity index (χ1) is 12.0. The molecule has 128 valence electrons. The molecular formula is C18H14ClNO4S. The maximum Gasteiger partial charge on any atom is 0.293 e. The summed E-state index contributed by atoms with van der Waals surface area (Å²) in [4.78, 5) is 26.1. The molecule has 2 aromatic rings. The summed E-state index contributed by atoms with van der Waals surface area (Å²) >= 11 is 6.93. The van der Waals surface area contributed by atoms with Crippen molar-refractivity contribution in [3.05, 3.63) is 63.5 Å². The molecule has 2 amide bonds. The van der Waals surface area contributed by atoms with Gasteiger partial charge < -0.3 is 9.84 Å². The standard InChI is InChI=1S/C18H14ClNO4S/c1-24-13-6-7-15(21)12(8-13)9-16-17(22)20(18(23)25-16)10-11-4-2-3-5-14(11)19/h2-9,21H,10H2,1H3/b16-9-. The molecule has 0 aromatic heterocycles. The van der Waals surface area contributed by atoms with Gasteiger partial charge in [-0.25, -0.2) is 0 Å². The quantitative estimate of drug-likeness (QED) is 0.807. The molecule has 0 unspecified atom stereocenters. The minimum absolute atomic E-state index is 0.00120. The Balaban J connectivity index is 1.87. The smallest absolute Gasteiger partial charge is 0.293 e. The molecule has 0 aliphatic carbocycles. The van der Waals surface area contributed by atoms with Gasteiger partial charge >= 0.3 is 0 Å². The number of phenolic OH excluding ortho intramolecular Hbond substituents is 1. The second-order valence-electron chi connectivity index (χ2n) is 5.28. The Bertz CT molecular complexity index is 881. The Labute approximate surface area is 153 Å². The molecule has 0 bridgehead atoms. The number of hydrogen-bond acceptors (Lipinski definition) is 5.